The molecule has 1 aromatic rings. The zero-order chi connectivity index (χ0) is 19.6. The first-order chi connectivity index (χ1) is 13.0. The van der Waals surface area contributed by atoms with Gasteiger partial charge in [-0.15, -0.1) is 0 Å². The van der Waals surface area contributed by atoms with Crippen LogP contribution in [0.2, 0.25) is 0 Å². The summed E-state index contributed by atoms with van der Waals surface area (Å²) in [4.78, 5) is 37.6. The number of amides is 2. The number of hydrogen-bond acceptors (Lipinski definition) is 4. The number of rotatable bonds is 8. The number of nitrogens with zero attached hydrogens (tertiary/aromatic N) is 1. The smallest absolute Gasteiger partial charge is 0.305 e. The van der Waals surface area contributed by atoms with Crippen LogP contribution in [0.25, 0.3) is 0 Å². The van der Waals surface area contributed by atoms with Crippen LogP contribution >= 0.6 is 15.9 Å². The lowest BCUT2D eigenvalue weighted by molar-refractivity contribution is -0.140. The lowest BCUT2D eigenvalue weighted by atomic mass is 9.95. The lowest BCUT2D eigenvalue weighted by Crippen LogP contribution is -2.43. The fourth-order valence-electron chi connectivity index (χ4n) is 3.15. The maximum absolute atomic E-state index is 12.5. The van der Waals surface area contributed by atoms with Gasteiger partial charge in [0.1, 0.15) is 0 Å². The van der Waals surface area contributed by atoms with Gasteiger partial charge in [0.25, 0.3) is 5.91 Å². The van der Waals surface area contributed by atoms with Crippen molar-refractivity contribution in [3.63, 3.8) is 0 Å². The van der Waals surface area contributed by atoms with Gasteiger partial charge in [-0.1, -0.05) is 22.4 Å². The largest absolute Gasteiger partial charge is 0.469 e. The number of carbonyl (C=O) groups excluding carboxylic acids is 3. The van der Waals surface area contributed by atoms with Crippen LogP contribution in [0.3, 0.4) is 0 Å². The van der Waals surface area contributed by atoms with Crippen molar-refractivity contribution in [2.45, 2.75) is 38.5 Å². The Morgan fingerprint density at radius 1 is 1.11 bits per heavy atom. The molecule has 7 heteroatoms. The van der Waals surface area contributed by atoms with Crippen LogP contribution in [0.15, 0.2) is 28.7 Å². The van der Waals surface area contributed by atoms with E-state index < -0.39 is 0 Å². The Kier molecular flexibility index (Phi) is 8.78. The number of halogens is 1. The molecule has 0 aromatic heterocycles. The van der Waals surface area contributed by atoms with E-state index in [0.29, 0.717) is 44.5 Å². The van der Waals surface area contributed by atoms with Gasteiger partial charge in [-0.25, -0.2) is 0 Å². The first-order valence-corrected chi connectivity index (χ1v) is 10.2. The molecule has 0 spiro atoms. The maximum atomic E-state index is 12.5. The topological polar surface area (TPSA) is 75.7 Å². The zero-order valence-electron chi connectivity index (χ0n) is 15.7. The molecular weight excluding hydrogens is 412 g/mol. The monoisotopic (exact) mass is 438 g/mol. The van der Waals surface area contributed by atoms with Crippen LogP contribution in [-0.2, 0) is 14.3 Å². The summed E-state index contributed by atoms with van der Waals surface area (Å²) in [5.41, 5.74) is 0.674. The molecular formula is C20H27BrN2O4. The summed E-state index contributed by atoms with van der Waals surface area (Å²) >= 11 is 3.37. The van der Waals surface area contributed by atoms with Crippen LogP contribution in [0.5, 0.6) is 0 Å². The summed E-state index contributed by atoms with van der Waals surface area (Å²) in [6, 6.07) is 7.34. The number of piperidine rings is 1. The van der Waals surface area contributed by atoms with Crippen molar-refractivity contribution in [3.05, 3.63) is 34.3 Å². The predicted octanol–water partition coefficient (Wildman–Crippen LogP) is 3.15. The van der Waals surface area contributed by atoms with Crippen molar-refractivity contribution in [2.24, 2.45) is 5.92 Å². The molecule has 27 heavy (non-hydrogen) atoms. The highest BCUT2D eigenvalue weighted by Crippen LogP contribution is 2.20. The number of methoxy groups -OCH3 is 1. The van der Waals surface area contributed by atoms with Gasteiger partial charge in [0.05, 0.1) is 7.11 Å². The first kappa shape index (κ1) is 21.4. The third-order valence-electron chi connectivity index (χ3n) is 4.83. The van der Waals surface area contributed by atoms with Crippen molar-refractivity contribution < 1.29 is 19.1 Å². The minimum absolute atomic E-state index is 0.0203. The van der Waals surface area contributed by atoms with E-state index in [4.69, 9.17) is 0 Å². The SMILES string of the molecule is COC(=O)CCCCCNC(=O)C1CCN(C(=O)c2ccc(Br)cc2)CC1. The summed E-state index contributed by atoms with van der Waals surface area (Å²) in [7, 11) is 1.39. The van der Waals surface area contributed by atoms with E-state index in [1.165, 1.54) is 7.11 Å². The summed E-state index contributed by atoms with van der Waals surface area (Å²) in [5, 5.41) is 2.97. The van der Waals surface area contributed by atoms with Gasteiger partial charge >= 0.3 is 5.97 Å². The molecule has 0 unspecified atom stereocenters. The second-order valence-electron chi connectivity index (χ2n) is 6.75. The van der Waals surface area contributed by atoms with E-state index in [9.17, 15) is 14.4 Å². The second kappa shape index (κ2) is 11.1. The van der Waals surface area contributed by atoms with Crippen LogP contribution < -0.4 is 5.32 Å². The average molecular weight is 439 g/mol. The molecule has 2 rings (SSSR count). The molecule has 0 aliphatic carbocycles. The van der Waals surface area contributed by atoms with E-state index in [0.717, 1.165) is 23.7 Å². The third kappa shape index (κ3) is 6.97. The predicted molar refractivity (Wildman–Crippen MR) is 106 cm³/mol. The van der Waals surface area contributed by atoms with E-state index >= 15 is 0 Å². The molecule has 148 valence electrons. The zero-order valence-corrected chi connectivity index (χ0v) is 17.3. The molecule has 1 aliphatic rings. The lowest BCUT2D eigenvalue weighted by Gasteiger charge is -2.31. The van der Waals surface area contributed by atoms with E-state index in [-0.39, 0.29) is 23.7 Å². The number of benzene rings is 1. The Morgan fingerprint density at radius 3 is 2.41 bits per heavy atom. The quantitative estimate of drug-likeness (QED) is 0.499. The van der Waals surface area contributed by atoms with E-state index in [1.807, 2.05) is 29.2 Å². The van der Waals surface area contributed by atoms with Crippen molar-refractivity contribution in [3.8, 4) is 0 Å². The van der Waals surface area contributed by atoms with Gasteiger partial charge in [-0.2, -0.15) is 0 Å². The van der Waals surface area contributed by atoms with Gasteiger partial charge in [0, 0.05) is 42.0 Å². The van der Waals surface area contributed by atoms with Gasteiger partial charge in [-0.3, -0.25) is 14.4 Å². The fraction of sp³-hybridized carbons (Fsp3) is 0.550. The third-order valence-corrected chi connectivity index (χ3v) is 5.36. The molecule has 1 saturated heterocycles. The molecule has 0 saturated carbocycles. The number of nitrogens with one attached hydrogen (secondary N) is 1. The van der Waals surface area contributed by atoms with Crippen LogP contribution in [0, 0.1) is 5.92 Å². The number of likely N-dealkylation sites (tertiary alicyclic amines) is 1. The molecule has 0 bridgehead atoms. The van der Waals surface area contributed by atoms with Crippen LogP contribution in [0.1, 0.15) is 48.9 Å². The maximum Gasteiger partial charge on any atom is 0.305 e. The van der Waals surface area contributed by atoms with Crippen molar-refractivity contribution in [2.75, 3.05) is 26.7 Å². The summed E-state index contributed by atoms with van der Waals surface area (Å²) in [6.07, 6.45) is 4.32. The highest BCUT2D eigenvalue weighted by Gasteiger charge is 2.27. The normalized spacial score (nSPS) is 14.7. The minimum atomic E-state index is -0.191. The minimum Gasteiger partial charge on any atom is -0.469 e. The number of unbranched alkanes of at least 4 members (excludes halogenated alkanes) is 2. The second-order valence-corrected chi connectivity index (χ2v) is 7.67. The van der Waals surface area contributed by atoms with E-state index in [1.54, 1.807) is 0 Å². The Morgan fingerprint density at radius 2 is 1.78 bits per heavy atom. The van der Waals surface area contributed by atoms with Gasteiger partial charge in [-0.05, 0) is 49.9 Å². The fourth-order valence-corrected chi connectivity index (χ4v) is 3.41. The average Bonchev–Trinajstić information content (AvgIpc) is 2.70. The van der Waals surface area contributed by atoms with Crippen molar-refractivity contribution in [1.82, 2.24) is 10.2 Å². The Hall–Kier alpha value is -1.89. The van der Waals surface area contributed by atoms with Crippen LogP contribution in [0.4, 0.5) is 0 Å². The molecule has 1 fully saturated rings. The van der Waals surface area contributed by atoms with Crippen molar-refractivity contribution >= 4 is 33.7 Å². The van der Waals surface area contributed by atoms with Gasteiger partial charge < -0.3 is 15.0 Å². The summed E-state index contributed by atoms with van der Waals surface area (Å²) in [5.74, 6) is -0.136. The van der Waals surface area contributed by atoms with E-state index in [2.05, 4.69) is 26.0 Å². The Labute approximate surface area is 168 Å². The number of carbonyl (C=O) groups is 3. The van der Waals surface area contributed by atoms with Gasteiger partial charge in [0.15, 0.2) is 0 Å². The number of ether oxygens (including phenoxy) is 1. The van der Waals surface area contributed by atoms with Gasteiger partial charge in [0.2, 0.25) is 5.91 Å². The number of hydrogen-bond donors (Lipinski definition) is 1. The highest BCUT2D eigenvalue weighted by atomic mass is 79.9. The molecule has 1 N–H and O–H groups in total. The number of esters is 1. The molecule has 1 aromatic carbocycles. The Bertz CT molecular complexity index is 640. The molecule has 1 heterocycles. The first-order valence-electron chi connectivity index (χ1n) is 9.40. The molecule has 0 atom stereocenters. The standard InChI is InChI=1S/C20H27BrN2O4/c1-27-18(24)5-3-2-4-12-22-19(25)15-10-13-23(14-11-15)20(26)16-6-8-17(21)9-7-16/h6-9,15H,2-5,10-14H2,1H3,(H,22,25). The highest BCUT2D eigenvalue weighted by molar-refractivity contribution is 9.10. The summed E-state index contributed by atoms with van der Waals surface area (Å²) in [6.45, 7) is 1.83. The van der Waals surface area contributed by atoms with Crippen LogP contribution in [-0.4, -0.2) is 49.4 Å². The molecule has 0 radical (unpaired) electrons. The molecule has 1 aliphatic heterocycles. The molecule has 6 nitrogen and oxygen atoms in total. The molecule has 2 amide bonds. The Balaban J connectivity index is 1.64. The summed E-state index contributed by atoms with van der Waals surface area (Å²) < 4.78 is 5.54. The van der Waals surface area contributed by atoms with Crippen molar-refractivity contribution in [1.29, 1.82) is 0 Å².